The van der Waals surface area contributed by atoms with Crippen LogP contribution in [0, 0.1) is 0 Å². The zero-order valence-electron chi connectivity index (χ0n) is 11.2. The summed E-state index contributed by atoms with van der Waals surface area (Å²) in [6, 6.07) is 21.8. The predicted molar refractivity (Wildman–Crippen MR) is 79.8 cm³/mol. The lowest BCUT2D eigenvalue weighted by Gasteiger charge is -2.07. The van der Waals surface area contributed by atoms with Crippen LogP contribution in [0.2, 0.25) is 0 Å². The lowest BCUT2D eigenvalue weighted by Crippen LogP contribution is -2.02. The summed E-state index contributed by atoms with van der Waals surface area (Å²) in [5.74, 6) is -0.311. The SMILES string of the molecule is COC(=O)c1ccccc2ccc(-c3ccccc3)c1-2. The van der Waals surface area contributed by atoms with E-state index in [0.717, 1.165) is 22.3 Å². The van der Waals surface area contributed by atoms with E-state index >= 15 is 0 Å². The number of hydrogen-bond donors (Lipinski definition) is 0. The molecule has 0 radical (unpaired) electrons. The van der Waals surface area contributed by atoms with E-state index in [0.29, 0.717) is 5.56 Å². The maximum absolute atomic E-state index is 12.0. The summed E-state index contributed by atoms with van der Waals surface area (Å²) < 4.78 is 4.91. The molecule has 3 rings (SSSR count). The molecule has 0 fully saturated rings. The molecule has 0 saturated carbocycles. The lowest BCUT2D eigenvalue weighted by atomic mass is 9.98. The Morgan fingerprint density at radius 1 is 0.800 bits per heavy atom. The zero-order valence-corrected chi connectivity index (χ0v) is 11.2. The molecule has 0 saturated heterocycles. The summed E-state index contributed by atoms with van der Waals surface area (Å²) in [5.41, 5.74) is 4.72. The van der Waals surface area contributed by atoms with Crippen molar-refractivity contribution in [3.05, 3.63) is 72.3 Å². The van der Waals surface area contributed by atoms with Crippen molar-refractivity contribution in [3.63, 3.8) is 0 Å². The van der Waals surface area contributed by atoms with Crippen molar-refractivity contribution in [2.45, 2.75) is 0 Å². The quantitative estimate of drug-likeness (QED) is 0.645. The zero-order chi connectivity index (χ0) is 13.9. The number of rotatable bonds is 2. The molecule has 1 aromatic rings. The van der Waals surface area contributed by atoms with Gasteiger partial charge in [-0.15, -0.1) is 0 Å². The minimum Gasteiger partial charge on any atom is -0.465 e. The average Bonchev–Trinajstić information content (AvgIpc) is 2.80. The van der Waals surface area contributed by atoms with E-state index in [1.807, 2.05) is 60.7 Å². The van der Waals surface area contributed by atoms with Crippen molar-refractivity contribution in [2.75, 3.05) is 7.11 Å². The number of fused-ring (bicyclic) bond motifs is 1. The van der Waals surface area contributed by atoms with Crippen LogP contribution in [0.25, 0.3) is 22.3 Å². The predicted octanol–water partition coefficient (Wildman–Crippen LogP) is 4.25. The van der Waals surface area contributed by atoms with Gasteiger partial charge in [0.1, 0.15) is 0 Å². The minimum atomic E-state index is -0.311. The molecule has 0 aliphatic heterocycles. The molecule has 2 aliphatic carbocycles. The van der Waals surface area contributed by atoms with Gasteiger partial charge in [0.05, 0.1) is 12.7 Å². The van der Waals surface area contributed by atoms with Crippen LogP contribution in [0.3, 0.4) is 0 Å². The molecule has 2 aliphatic rings. The van der Waals surface area contributed by atoms with Gasteiger partial charge >= 0.3 is 5.97 Å². The topological polar surface area (TPSA) is 26.3 Å². The van der Waals surface area contributed by atoms with Gasteiger partial charge in [-0.05, 0) is 22.8 Å². The van der Waals surface area contributed by atoms with Crippen LogP contribution in [0.5, 0.6) is 0 Å². The van der Waals surface area contributed by atoms with E-state index in [1.54, 1.807) is 6.07 Å². The Morgan fingerprint density at radius 3 is 2.20 bits per heavy atom. The minimum absolute atomic E-state index is 0.311. The van der Waals surface area contributed by atoms with Crippen LogP contribution < -0.4 is 0 Å². The molecule has 2 nitrogen and oxygen atoms in total. The van der Waals surface area contributed by atoms with Gasteiger partial charge in [-0.25, -0.2) is 4.79 Å². The van der Waals surface area contributed by atoms with E-state index in [-0.39, 0.29) is 5.97 Å². The maximum Gasteiger partial charge on any atom is 0.338 e. The second-order valence-electron chi connectivity index (χ2n) is 4.57. The highest BCUT2D eigenvalue weighted by molar-refractivity contribution is 6.02. The molecule has 0 spiro atoms. The van der Waals surface area contributed by atoms with Gasteiger partial charge in [0.2, 0.25) is 0 Å². The van der Waals surface area contributed by atoms with Crippen LogP contribution in [-0.4, -0.2) is 13.1 Å². The van der Waals surface area contributed by atoms with E-state index in [4.69, 9.17) is 4.74 Å². The Bertz CT molecular complexity index is 717. The molecule has 0 aromatic heterocycles. The first-order chi connectivity index (χ1) is 9.81. The number of esters is 1. The van der Waals surface area contributed by atoms with Crippen LogP contribution in [0.15, 0.2) is 66.7 Å². The van der Waals surface area contributed by atoms with Crippen LogP contribution in [-0.2, 0) is 4.74 Å². The molecular weight excluding hydrogens is 248 g/mol. The Labute approximate surface area is 118 Å². The van der Waals surface area contributed by atoms with Crippen LogP contribution in [0.1, 0.15) is 10.4 Å². The summed E-state index contributed by atoms with van der Waals surface area (Å²) in [5, 5.41) is 0. The normalized spacial score (nSPS) is 10.4. The number of carbonyl (C=O) groups is 1. The van der Waals surface area contributed by atoms with Crippen molar-refractivity contribution in [1.29, 1.82) is 0 Å². The Hall–Kier alpha value is -2.61. The number of benzene rings is 1. The number of methoxy groups -OCH3 is 1. The van der Waals surface area contributed by atoms with Gasteiger partial charge < -0.3 is 4.74 Å². The molecule has 0 N–H and O–H groups in total. The molecule has 20 heavy (non-hydrogen) atoms. The number of hydrogen-bond acceptors (Lipinski definition) is 2. The molecule has 2 heteroatoms. The van der Waals surface area contributed by atoms with Crippen molar-refractivity contribution < 1.29 is 9.53 Å². The highest BCUT2D eigenvalue weighted by Gasteiger charge is 2.18. The summed E-state index contributed by atoms with van der Waals surface area (Å²) in [6.07, 6.45) is 0. The largest absolute Gasteiger partial charge is 0.465 e. The Kier molecular flexibility index (Phi) is 3.21. The van der Waals surface area contributed by atoms with Crippen LogP contribution >= 0.6 is 0 Å². The van der Waals surface area contributed by atoms with Gasteiger partial charge in [-0.3, -0.25) is 0 Å². The summed E-state index contributed by atoms with van der Waals surface area (Å²) in [6.45, 7) is 0. The lowest BCUT2D eigenvalue weighted by molar-refractivity contribution is 0.0602. The average molecular weight is 262 g/mol. The first-order valence-electron chi connectivity index (χ1n) is 6.47. The fourth-order valence-corrected chi connectivity index (χ4v) is 2.47. The van der Waals surface area contributed by atoms with Crippen molar-refractivity contribution in [1.82, 2.24) is 0 Å². The Balaban J connectivity index is 2.29. The molecule has 0 unspecified atom stereocenters. The fourth-order valence-electron chi connectivity index (χ4n) is 2.47. The third-order valence-electron chi connectivity index (χ3n) is 3.40. The standard InChI is InChI=1S/C18H14O2/c1-20-18(19)16-10-6-5-9-14-11-12-15(17(14)16)13-7-3-2-4-8-13/h2-12H,1H3. The first-order valence-corrected chi connectivity index (χ1v) is 6.47. The molecule has 0 atom stereocenters. The first kappa shape index (κ1) is 12.4. The van der Waals surface area contributed by atoms with E-state index in [2.05, 4.69) is 0 Å². The van der Waals surface area contributed by atoms with E-state index in [1.165, 1.54) is 7.11 Å². The van der Waals surface area contributed by atoms with Gasteiger partial charge in [-0.1, -0.05) is 60.7 Å². The maximum atomic E-state index is 12.0. The molecule has 1 aromatic carbocycles. The van der Waals surface area contributed by atoms with Crippen molar-refractivity contribution >= 4 is 5.97 Å². The summed E-state index contributed by atoms with van der Waals surface area (Å²) in [4.78, 5) is 12.0. The van der Waals surface area contributed by atoms with Crippen LogP contribution in [0.4, 0.5) is 0 Å². The highest BCUT2D eigenvalue weighted by atomic mass is 16.5. The molecule has 0 bridgehead atoms. The molecular formula is C18H14O2. The second kappa shape index (κ2) is 5.17. The number of carbonyl (C=O) groups excluding carboxylic acids is 1. The third kappa shape index (κ3) is 2.05. The summed E-state index contributed by atoms with van der Waals surface area (Å²) in [7, 11) is 1.41. The van der Waals surface area contributed by atoms with Crippen molar-refractivity contribution in [3.8, 4) is 22.3 Å². The number of ether oxygens (including phenoxy) is 1. The van der Waals surface area contributed by atoms with Gasteiger partial charge in [0.25, 0.3) is 0 Å². The highest BCUT2D eigenvalue weighted by Crippen LogP contribution is 2.37. The summed E-state index contributed by atoms with van der Waals surface area (Å²) >= 11 is 0. The third-order valence-corrected chi connectivity index (χ3v) is 3.40. The van der Waals surface area contributed by atoms with E-state index in [9.17, 15) is 4.79 Å². The monoisotopic (exact) mass is 262 g/mol. The Morgan fingerprint density at radius 2 is 1.45 bits per heavy atom. The molecule has 0 amide bonds. The van der Waals surface area contributed by atoms with E-state index < -0.39 is 0 Å². The fraction of sp³-hybridized carbons (Fsp3) is 0.0556. The van der Waals surface area contributed by atoms with Crippen molar-refractivity contribution in [2.24, 2.45) is 0 Å². The molecule has 98 valence electrons. The molecule has 0 heterocycles. The smallest absolute Gasteiger partial charge is 0.338 e. The van der Waals surface area contributed by atoms with Gasteiger partial charge in [0, 0.05) is 5.56 Å². The second-order valence-corrected chi connectivity index (χ2v) is 4.57. The van der Waals surface area contributed by atoms with Gasteiger partial charge in [-0.2, -0.15) is 0 Å². The van der Waals surface area contributed by atoms with Gasteiger partial charge in [0.15, 0.2) is 0 Å².